The zero-order valence-corrected chi connectivity index (χ0v) is 14.9. The van der Waals surface area contributed by atoms with Crippen LogP contribution < -0.4 is 5.32 Å². The summed E-state index contributed by atoms with van der Waals surface area (Å²) in [7, 11) is 0. The average Bonchev–Trinajstić information content (AvgIpc) is 3.24. The van der Waals surface area contributed by atoms with Crippen LogP contribution in [0.4, 0.5) is 6.01 Å². The van der Waals surface area contributed by atoms with Crippen molar-refractivity contribution in [2.24, 2.45) is 0 Å². The first-order valence-corrected chi connectivity index (χ1v) is 9.38. The number of fused-ring (bicyclic) bond motifs is 2. The van der Waals surface area contributed by atoms with Gasteiger partial charge in [-0.3, -0.25) is 5.10 Å². The van der Waals surface area contributed by atoms with Gasteiger partial charge in [-0.1, -0.05) is 31.4 Å². The van der Waals surface area contributed by atoms with Gasteiger partial charge in [0.1, 0.15) is 5.52 Å². The number of rotatable bonds is 3. The van der Waals surface area contributed by atoms with Crippen molar-refractivity contribution in [2.45, 2.75) is 45.1 Å². The number of nitrogens with zero attached hydrogens (tertiary/aromatic N) is 2. The van der Waals surface area contributed by atoms with Crippen molar-refractivity contribution in [1.29, 1.82) is 0 Å². The largest absolute Gasteiger partial charge is 0.424 e. The van der Waals surface area contributed by atoms with Gasteiger partial charge in [0, 0.05) is 17.1 Å². The molecule has 0 spiro atoms. The van der Waals surface area contributed by atoms with E-state index in [1.54, 1.807) is 0 Å². The molecule has 0 amide bonds. The average molecular weight is 346 g/mol. The van der Waals surface area contributed by atoms with E-state index in [2.05, 4.69) is 50.8 Å². The molecule has 1 fully saturated rings. The van der Waals surface area contributed by atoms with Crippen LogP contribution in [-0.2, 0) is 0 Å². The molecule has 2 heterocycles. The van der Waals surface area contributed by atoms with E-state index in [1.165, 1.54) is 32.1 Å². The molecule has 26 heavy (non-hydrogen) atoms. The first-order chi connectivity index (χ1) is 12.8. The number of nitrogens with one attached hydrogen (secondary N) is 2. The fourth-order valence-electron chi connectivity index (χ4n) is 3.91. The minimum absolute atomic E-state index is 0.489. The van der Waals surface area contributed by atoms with Crippen molar-refractivity contribution in [3.05, 3.63) is 42.1 Å². The van der Waals surface area contributed by atoms with Crippen LogP contribution in [0.25, 0.3) is 33.1 Å². The normalized spacial score (nSPS) is 15.7. The van der Waals surface area contributed by atoms with Gasteiger partial charge in [0.15, 0.2) is 5.58 Å². The van der Waals surface area contributed by atoms with Gasteiger partial charge >= 0.3 is 0 Å². The molecule has 0 aliphatic heterocycles. The molecule has 0 saturated heterocycles. The predicted molar refractivity (Wildman–Crippen MR) is 104 cm³/mol. The Hall–Kier alpha value is -2.82. The third-order valence-electron chi connectivity index (χ3n) is 5.40. The molecule has 4 aromatic rings. The molecule has 0 unspecified atom stereocenters. The molecule has 0 atom stereocenters. The number of hydrogen-bond acceptors (Lipinski definition) is 4. The first-order valence-electron chi connectivity index (χ1n) is 9.38. The summed E-state index contributed by atoms with van der Waals surface area (Å²) in [6, 6.07) is 13.7. The molecule has 5 rings (SSSR count). The van der Waals surface area contributed by atoms with Crippen molar-refractivity contribution in [3.63, 3.8) is 0 Å². The molecule has 1 aliphatic rings. The summed E-state index contributed by atoms with van der Waals surface area (Å²) in [6.07, 6.45) is 6.33. The van der Waals surface area contributed by atoms with Crippen LogP contribution in [0.2, 0.25) is 0 Å². The highest BCUT2D eigenvalue weighted by atomic mass is 16.4. The van der Waals surface area contributed by atoms with Crippen molar-refractivity contribution in [2.75, 3.05) is 5.32 Å². The van der Waals surface area contributed by atoms with Gasteiger partial charge in [-0.25, -0.2) is 0 Å². The molecule has 0 bridgehead atoms. The van der Waals surface area contributed by atoms with Gasteiger partial charge in [0.05, 0.1) is 5.52 Å². The van der Waals surface area contributed by atoms with E-state index in [0.717, 1.165) is 38.8 Å². The van der Waals surface area contributed by atoms with Crippen LogP contribution in [0, 0.1) is 6.92 Å². The van der Waals surface area contributed by atoms with Crippen molar-refractivity contribution in [1.82, 2.24) is 15.2 Å². The second-order valence-corrected chi connectivity index (χ2v) is 7.26. The molecule has 2 aromatic heterocycles. The molecule has 1 saturated carbocycles. The third-order valence-corrected chi connectivity index (χ3v) is 5.40. The summed E-state index contributed by atoms with van der Waals surface area (Å²) < 4.78 is 5.90. The van der Waals surface area contributed by atoms with Crippen LogP contribution in [0.3, 0.4) is 0 Å². The Labute approximate surface area is 151 Å². The highest BCUT2D eigenvalue weighted by molar-refractivity contribution is 5.88. The lowest BCUT2D eigenvalue weighted by molar-refractivity contribution is 0.451. The summed E-state index contributed by atoms with van der Waals surface area (Å²) in [5.74, 6) is 0. The van der Waals surface area contributed by atoms with Crippen LogP contribution in [0.5, 0.6) is 0 Å². The van der Waals surface area contributed by atoms with Gasteiger partial charge in [0.25, 0.3) is 6.01 Å². The fourth-order valence-corrected chi connectivity index (χ4v) is 3.91. The van der Waals surface area contributed by atoms with Gasteiger partial charge in [-0.15, -0.1) is 0 Å². The predicted octanol–water partition coefficient (Wildman–Crippen LogP) is 5.42. The highest BCUT2D eigenvalue weighted by Gasteiger charge is 2.16. The standard InChI is InChI=1S/C21H22N4O/c1-13-17-11-14(7-9-18(17)25-24-13)15-8-10-20-19(12-15)23-21(26-20)22-16-5-3-2-4-6-16/h7-12,16H,2-6H2,1H3,(H,22,23)(H,24,25). The van der Waals surface area contributed by atoms with E-state index in [9.17, 15) is 0 Å². The highest BCUT2D eigenvalue weighted by Crippen LogP contribution is 2.30. The molecule has 1 aliphatic carbocycles. The Kier molecular flexibility index (Phi) is 3.66. The smallest absolute Gasteiger partial charge is 0.295 e. The SMILES string of the molecule is Cc1[nH]nc2ccc(-c3ccc4oc(NC5CCCCC5)nc4c3)cc12. The monoisotopic (exact) mass is 346 g/mol. The zero-order valence-electron chi connectivity index (χ0n) is 14.9. The van der Waals surface area contributed by atoms with E-state index in [0.29, 0.717) is 12.1 Å². The number of aromatic amines is 1. The zero-order chi connectivity index (χ0) is 17.5. The molecule has 5 heteroatoms. The molecule has 5 nitrogen and oxygen atoms in total. The Bertz CT molecular complexity index is 1070. The lowest BCUT2D eigenvalue weighted by atomic mass is 9.96. The fraction of sp³-hybridized carbons (Fsp3) is 0.333. The minimum atomic E-state index is 0.489. The van der Waals surface area contributed by atoms with Crippen LogP contribution in [0.15, 0.2) is 40.8 Å². The topological polar surface area (TPSA) is 66.7 Å². The van der Waals surface area contributed by atoms with Crippen molar-refractivity contribution >= 4 is 28.0 Å². The van der Waals surface area contributed by atoms with Gasteiger partial charge in [0.2, 0.25) is 0 Å². The summed E-state index contributed by atoms with van der Waals surface area (Å²) in [4.78, 5) is 4.67. The van der Waals surface area contributed by atoms with Crippen molar-refractivity contribution in [3.8, 4) is 11.1 Å². The van der Waals surface area contributed by atoms with Gasteiger partial charge in [-0.2, -0.15) is 10.1 Å². The van der Waals surface area contributed by atoms with E-state index in [1.807, 2.05) is 13.0 Å². The molecule has 132 valence electrons. The Morgan fingerprint density at radius 3 is 2.69 bits per heavy atom. The van der Waals surface area contributed by atoms with E-state index in [4.69, 9.17) is 4.42 Å². The van der Waals surface area contributed by atoms with Crippen LogP contribution in [0.1, 0.15) is 37.8 Å². The van der Waals surface area contributed by atoms with Crippen molar-refractivity contribution < 1.29 is 4.42 Å². The number of aryl methyl sites for hydroxylation is 1. The number of benzene rings is 2. The van der Waals surface area contributed by atoms with E-state index < -0.39 is 0 Å². The first kappa shape index (κ1) is 15.4. The van der Waals surface area contributed by atoms with E-state index >= 15 is 0 Å². The maximum absolute atomic E-state index is 5.90. The number of H-pyrrole nitrogens is 1. The Balaban J connectivity index is 1.47. The van der Waals surface area contributed by atoms with Crippen LogP contribution in [-0.4, -0.2) is 21.2 Å². The molecular weight excluding hydrogens is 324 g/mol. The lowest BCUT2D eigenvalue weighted by Crippen LogP contribution is -2.22. The Morgan fingerprint density at radius 2 is 1.81 bits per heavy atom. The summed E-state index contributed by atoms with van der Waals surface area (Å²) in [5.41, 5.74) is 6.10. The lowest BCUT2D eigenvalue weighted by Gasteiger charge is -2.21. The second-order valence-electron chi connectivity index (χ2n) is 7.26. The third kappa shape index (κ3) is 2.73. The maximum Gasteiger partial charge on any atom is 0.295 e. The summed E-state index contributed by atoms with van der Waals surface area (Å²) >= 11 is 0. The maximum atomic E-state index is 5.90. The van der Waals surface area contributed by atoms with E-state index in [-0.39, 0.29) is 0 Å². The summed E-state index contributed by atoms with van der Waals surface area (Å²) in [5, 5.41) is 12.0. The number of anilines is 1. The number of aromatic nitrogens is 3. The molecular formula is C21H22N4O. The Morgan fingerprint density at radius 1 is 1.00 bits per heavy atom. The number of oxazole rings is 1. The summed E-state index contributed by atoms with van der Waals surface area (Å²) in [6.45, 7) is 2.04. The van der Waals surface area contributed by atoms with Crippen LogP contribution >= 0.6 is 0 Å². The molecule has 0 radical (unpaired) electrons. The quantitative estimate of drug-likeness (QED) is 0.519. The number of hydrogen-bond donors (Lipinski definition) is 2. The molecule has 2 N–H and O–H groups in total. The second kappa shape index (κ2) is 6.16. The minimum Gasteiger partial charge on any atom is -0.424 e. The van der Waals surface area contributed by atoms with Gasteiger partial charge < -0.3 is 9.73 Å². The molecule has 2 aromatic carbocycles. The van der Waals surface area contributed by atoms with Gasteiger partial charge in [-0.05, 0) is 55.2 Å².